The standard InChI is InChI=1S/C17H21FN2/c1-4-20(15-7-5-6-13(2)10-15)17-9-8-14(12-19-3)11-16(17)18/h5-11,19H,4,12H2,1-3H3. The molecule has 0 amide bonds. The van der Waals surface area contributed by atoms with Gasteiger partial charge < -0.3 is 10.2 Å². The van der Waals surface area contributed by atoms with Crippen molar-refractivity contribution in [1.29, 1.82) is 0 Å². The Kier molecular flexibility index (Phi) is 4.74. The van der Waals surface area contributed by atoms with Crippen molar-refractivity contribution >= 4 is 11.4 Å². The highest BCUT2D eigenvalue weighted by atomic mass is 19.1. The van der Waals surface area contributed by atoms with E-state index in [-0.39, 0.29) is 5.82 Å². The molecule has 2 rings (SSSR count). The van der Waals surface area contributed by atoms with Gasteiger partial charge in [-0.1, -0.05) is 18.2 Å². The monoisotopic (exact) mass is 272 g/mol. The Morgan fingerprint density at radius 3 is 2.55 bits per heavy atom. The van der Waals surface area contributed by atoms with Crippen LogP contribution in [0.25, 0.3) is 0 Å². The molecular weight excluding hydrogens is 251 g/mol. The molecule has 0 saturated carbocycles. The maximum Gasteiger partial charge on any atom is 0.147 e. The lowest BCUT2D eigenvalue weighted by Gasteiger charge is -2.24. The Morgan fingerprint density at radius 1 is 1.15 bits per heavy atom. The fourth-order valence-corrected chi connectivity index (χ4v) is 2.37. The van der Waals surface area contributed by atoms with Crippen LogP contribution in [0.15, 0.2) is 42.5 Å². The molecule has 0 aliphatic rings. The van der Waals surface area contributed by atoms with Crippen LogP contribution < -0.4 is 10.2 Å². The van der Waals surface area contributed by atoms with Crippen LogP contribution in [0.5, 0.6) is 0 Å². The third kappa shape index (κ3) is 3.17. The van der Waals surface area contributed by atoms with Crippen molar-refractivity contribution in [2.24, 2.45) is 0 Å². The van der Waals surface area contributed by atoms with Crippen LogP contribution in [0.1, 0.15) is 18.1 Å². The molecule has 0 fully saturated rings. The SMILES string of the molecule is CCN(c1cccc(C)c1)c1ccc(CNC)cc1F. The first-order chi connectivity index (χ1) is 9.65. The first-order valence-electron chi connectivity index (χ1n) is 6.93. The topological polar surface area (TPSA) is 15.3 Å². The number of anilines is 2. The first-order valence-corrected chi connectivity index (χ1v) is 6.93. The fourth-order valence-electron chi connectivity index (χ4n) is 2.37. The van der Waals surface area contributed by atoms with Crippen LogP contribution in [0.4, 0.5) is 15.8 Å². The van der Waals surface area contributed by atoms with Crippen molar-refractivity contribution < 1.29 is 4.39 Å². The molecule has 0 radical (unpaired) electrons. The molecule has 0 saturated heterocycles. The minimum absolute atomic E-state index is 0.180. The van der Waals surface area contributed by atoms with Gasteiger partial charge in [-0.3, -0.25) is 0 Å². The number of aryl methyl sites for hydroxylation is 1. The smallest absolute Gasteiger partial charge is 0.147 e. The van der Waals surface area contributed by atoms with Gasteiger partial charge in [0.1, 0.15) is 5.82 Å². The Labute approximate surface area is 120 Å². The largest absolute Gasteiger partial charge is 0.339 e. The van der Waals surface area contributed by atoms with Crippen LogP contribution in [0.2, 0.25) is 0 Å². The number of hydrogen-bond donors (Lipinski definition) is 1. The van der Waals surface area contributed by atoms with Crippen molar-refractivity contribution in [1.82, 2.24) is 5.32 Å². The molecule has 2 nitrogen and oxygen atoms in total. The van der Waals surface area contributed by atoms with Crippen molar-refractivity contribution in [2.75, 3.05) is 18.5 Å². The van der Waals surface area contributed by atoms with Gasteiger partial charge >= 0.3 is 0 Å². The summed E-state index contributed by atoms with van der Waals surface area (Å²) in [5, 5.41) is 3.03. The normalized spacial score (nSPS) is 10.6. The lowest BCUT2D eigenvalue weighted by molar-refractivity contribution is 0.621. The van der Waals surface area contributed by atoms with Crippen LogP contribution in [-0.4, -0.2) is 13.6 Å². The summed E-state index contributed by atoms with van der Waals surface area (Å²) in [5.41, 5.74) is 3.77. The van der Waals surface area contributed by atoms with E-state index >= 15 is 0 Å². The molecule has 0 atom stereocenters. The molecular formula is C17H21FN2. The molecule has 1 N–H and O–H groups in total. The molecule has 0 heterocycles. The Bertz CT molecular complexity index is 581. The van der Waals surface area contributed by atoms with Gasteiger partial charge in [-0.15, -0.1) is 0 Å². The summed E-state index contributed by atoms with van der Waals surface area (Å²) in [6, 6.07) is 13.6. The molecule has 0 spiro atoms. The highest BCUT2D eigenvalue weighted by Gasteiger charge is 2.12. The molecule has 0 aliphatic carbocycles. The predicted octanol–water partition coefficient (Wildman–Crippen LogP) is 4.01. The summed E-state index contributed by atoms with van der Waals surface area (Å²) in [6.07, 6.45) is 0. The minimum Gasteiger partial charge on any atom is -0.339 e. The number of hydrogen-bond acceptors (Lipinski definition) is 2. The summed E-state index contributed by atoms with van der Waals surface area (Å²) in [4.78, 5) is 1.99. The third-order valence-electron chi connectivity index (χ3n) is 3.31. The van der Waals surface area contributed by atoms with E-state index in [1.54, 1.807) is 6.07 Å². The highest BCUT2D eigenvalue weighted by Crippen LogP contribution is 2.28. The van der Waals surface area contributed by atoms with E-state index in [0.717, 1.165) is 17.8 Å². The summed E-state index contributed by atoms with van der Waals surface area (Å²) >= 11 is 0. The second kappa shape index (κ2) is 6.53. The number of halogens is 1. The van der Waals surface area contributed by atoms with Crippen LogP contribution in [0.3, 0.4) is 0 Å². The molecule has 0 aliphatic heterocycles. The predicted molar refractivity (Wildman–Crippen MR) is 83.0 cm³/mol. The fraction of sp³-hybridized carbons (Fsp3) is 0.294. The molecule has 0 aromatic heterocycles. The van der Waals surface area contributed by atoms with E-state index in [2.05, 4.69) is 11.4 Å². The Balaban J connectivity index is 2.37. The average molecular weight is 272 g/mol. The van der Waals surface area contributed by atoms with E-state index in [1.807, 2.05) is 56.1 Å². The van der Waals surface area contributed by atoms with Crippen LogP contribution in [0, 0.1) is 12.7 Å². The van der Waals surface area contributed by atoms with Gasteiger partial charge in [-0.25, -0.2) is 4.39 Å². The zero-order valence-corrected chi connectivity index (χ0v) is 12.3. The third-order valence-corrected chi connectivity index (χ3v) is 3.31. The molecule has 2 aromatic carbocycles. The van der Waals surface area contributed by atoms with Crippen molar-refractivity contribution in [2.45, 2.75) is 20.4 Å². The summed E-state index contributed by atoms with van der Waals surface area (Å²) in [5.74, 6) is -0.180. The number of nitrogens with zero attached hydrogens (tertiary/aromatic N) is 1. The Hall–Kier alpha value is -1.87. The van der Waals surface area contributed by atoms with Crippen molar-refractivity contribution in [3.05, 3.63) is 59.4 Å². The molecule has 0 bridgehead atoms. The van der Waals surface area contributed by atoms with Gasteiger partial charge in [0, 0.05) is 18.8 Å². The zero-order chi connectivity index (χ0) is 14.5. The highest BCUT2D eigenvalue weighted by molar-refractivity contribution is 5.64. The van der Waals surface area contributed by atoms with Crippen molar-refractivity contribution in [3.63, 3.8) is 0 Å². The number of rotatable bonds is 5. The number of nitrogens with one attached hydrogen (secondary N) is 1. The van der Waals surface area contributed by atoms with E-state index < -0.39 is 0 Å². The minimum atomic E-state index is -0.180. The Morgan fingerprint density at radius 2 is 1.95 bits per heavy atom. The summed E-state index contributed by atoms with van der Waals surface area (Å²) in [7, 11) is 1.86. The van der Waals surface area contributed by atoms with E-state index in [9.17, 15) is 4.39 Å². The molecule has 2 aromatic rings. The maximum absolute atomic E-state index is 14.3. The van der Waals surface area contributed by atoms with E-state index in [0.29, 0.717) is 12.2 Å². The van der Waals surface area contributed by atoms with Gasteiger partial charge in [0.15, 0.2) is 0 Å². The molecule has 3 heteroatoms. The zero-order valence-electron chi connectivity index (χ0n) is 12.3. The van der Waals surface area contributed by atoms with E-state index in [1.165, 1.54) is 5.56 Å². The van der Waals surface area contributed by atoms with Crippen molar-refractivity contribution in [3.8, 4) is 0 Å². The number of benzene rings is 2. The van der Waals surface area contributed by atoms with Gasteiger partial charge in [-0.05, 0) is 56.3 Å². The maximum atomic E-state index is 14.3. The van der Waals surface area contributed by atoms with Gasteiger partial charge in [0.25, 0.3) is 0 Å². The summed E-state index contributed by atoms with van der Waals surface area (Å²) < 4.78 is 14.3. The van der Waals surface area contributed by atoms with E-state index in [4.69, 9.17) is 0 Å². The second-order valence-corrected chi connectivity index (χ2v) is 4.90. The summed E-state index contributed by atoms with van der Waals surface area (Å²) in [6.45, 7) is 5.48. The van der Waals surface area contributed by atoms with Crippen LogP contribution >= 0.6 is 0 Å². The molecule has 106 valence electrons. The molecule has 20 heavy (non-hydrogen) atoms. The van der Waals surface area contributed by atoms with Gasteiger partial charge in [-0.2, -0.15) is 0 Å². The lowest BCUT2D eigenvalue weighted by Crippen LogP contribution is -2.18. The average Bonchev–Trinajstić information content (AvgIpc) is 2.42. The lowest BCUT2D eigenvalue weighted by atomic mass is 10.1. The van der Waals surface area contributed by atoms with Gasteiger partial charge in [0.05, 0.1) is 5.69 Å². The first kappa shape index (κ1) is 14.5. The molecule has 0 unspecified atom stereocenters. The van der Waals surface area contributed by atoms with Gasteiger partial charge in [0.2, 0.25) is 0 Å². The quantitative estimate of drug-likeness (QED) is 0.884. The second-order valence-electron chi connectivity index (χ2n) is 4.90. The van der Waals surface area contributed by atoms with Crippen LogP contribution in [-0.2, 0) is 6.54 Å².